The second-order valence-electron chi connectivity index (χ2n) is 5.35. The van der Waals surface area contributed by atoms with Crippen LogP contribution in [-0.2, 0) is 13.6 Å². The van der Waals surface area contributed by atoms with E-state index in [1.165, 1.54) is 14.2 Å². The van der Waals surface area contributed by atoms with Crippen LogP contribution in [0, 0.1) is 0 Å². The summed E-state index contributed by atoms with van der Waals surface area (Å²) in [5.74, 6) is -0.105. The molecule has 5 heteroatoms. The summed E-state index contributed by atoms with van der Waals surface area (Å²) in [6, 6.07) is 20.0. The maximum Gasteiger partial charge on any atom is 0.334 e. The average Bonchev–Trinajstić information content (AvgIpc) is 2.62. The lowest BCUT2D eigenvalue weighted by Crippen LogP contribution is -2.25. The maximum absolute atomic E-state index is 13.1. The highest BCUT2D eigenvalue weighted by Gasteiger charge is 2.40. The van der Waals surface area contributed by atoms with Crippen molar-refractivity contribution in [2.45, 2.75) is 18.0 Å². The Kier molecular flexibility index (Phi) is 6.55. The van der Waals surface area contributed by atoms with Gasteiger partial charge in [0.1, 0.15) is 0 Å². The summed E-state index contributed by atoms with van der Waals surface area (Å²) in [5.41, 5.74) is 7.61. The van der Waals surface area contributed by atoms with Gasteiger partial charge in [-0.3, -0.25) is 4.57 Å². The molecule has 0 aromatic heterocycles. The van der Waals surface area contributed by atoms with E-state index in [4.69, 9.17) is 14.8 Å². The van der Waals surface area contributed by atoms with Crippen molar-refractivity contribution in [1.82, 2.24) is 0 Å². The van der Waals surface area contributed by atoms with Gasteiger partial charge in [-0.1, -0.05) is 60.7 Å². The summed E-state index contributed by atoms with van der Waals surface area (Å²) in [6.07, 6.45) is 0.549. The van der Waals surface area contributed by atoms with E-state index < -0.39 is 7.60 Å². The van der Waals surface area contributed by atoms with Crippen LogP contribution in [0.3, 0.4) is 0 Å². The summed E-state index contributed by atoms with van der Waals surface area (Å²) in [7, 11) is -0.412. The lowest BCUT2D eigenvalue weighted by atomic mass is 9.87. The highest BCUT2D eigenvalue weighted by Crippen LogP contribution is 2.58. The predicted octanol–water partition coefficient (Wildman–Crippen LogP) is 4.02. The molecule has 0 radical (unpaired) electrons. The van der Waals surface area contributed by atoms with Crippen molar-refractivity contribution in [1.29, 1.82) is 0 Å². The summed E-state index contributed by atoms with van der Waals surface area (Å²) in [5, 5.41) is 0. The van der Waals surface area contributed by atoms with Crippen LogP contribution in [0.25, 0.3) is 0 Å². The number of hydrogen-bond donors (Lipinski definition) is 1. The second kappa shape index (κ2) is 8.42. The van der Waals surface area contributed by atoms with Gasteiger partial charge in [0, 0.05) is 20.1 Å². The summed E-state index contributed by atoms with van der Waals surface area (Å²) in [4.78, 5) is 0. The highest BCUT2D eigenvalue weighted by molar-refractivity contribution is 7.54. The fraction of sp³-hybridized carbons (Fsp3) is 0.333. The van der Waals surface area contributed by atoms with Crippen molar-refractivity contribution >= 4 is 7.60 Å². The molecule has 0 heterocycles. The van der Waals surface area contributed by atoms with Crippen LogP contribution in [-0.4, -0.2) is 26.4 Å². The molecule has 0 amide bonds. The van der Waals surface area contributed by atoms with Gasteiger partial charge in [-0.15, -0.1) is 0 Å². The zero-order valence-electron chi connectivity index (χ0n) is 13.6. The first-order valence-electron chi connectivity index (χ1n) is 7.67. The Labute approximate surface area is 138 Å². The van der Waals surface area contributed by atoms with Gasteiger partial charge in [0.25, 0.3) is 0 Å². The first kappa shape index (κ1) is 17.9. The van der Waals surface area contributed by atoms with Gasteiger partial charge in [-0.2, -0.15) is 0 Å². The standard InChI is InChI=1S/C18H24NO3P/c1-21-23(20,22-2)17(13-14-19)18(15-9-5-3-6-10-15)16-11-7-4-8-12-16/h3-12,17-18H,13-14,19H2,1-2H3/t17-/m1/s1. The topological polar surface area (TPSA) is 61.5 Å². The number of hydrogen-bond acceptors (Lipinski definition) is 4. The molecule has 2 aromatic rings. The third-order valence-electron chi connectivity index (χ3n) is 4.08. The minimum absolute atomic E-state index is 0.105. The smallest absolute Gasteiger partial charge is 0.330 e. The van der Waals surface area contributed by atoms with E-state index in [0.29, 0.717) is 13.0 Å². The molecular weight excluding hydrogens is 309 g/mol. The molecule has 23 heavy (non-hydrogen) atoms. The SMILES string of the molecule is COP(=O)(OC)[C@H](CCN)C(c1ccccc1)c1ccccc1. The van der Waals surface area contributed by atoms with E-state index in [0.717, 1.165) is 11.1 Å². The van der Waals surface area contributed by atoms with Crippen molar-refractivity contribution in [2.75, 3.05) is 20.8 Å². The molecule has 0 bridgehead atoms. The van der Waals surface area contributed by atoms with Crippen LogP contribution in [0.5, 0.6) is 0 Å². The second-order valence-corrected chi connectivity index (χ2v) is 7.82. The van der Waals surface area contributed by atoms with E-state index in [1.807, 2.05) is 60.7 Å². The van der Waals surface area contributed by atoms with Crippen molar-refractivity contribution in [2.24, 2.45) is 5.73 Å². The normalized spacial score (nSPS) is 13.2. The minimum atomic E-state index is -3.27. The van der Waals surface area contributed by atoms with Crippen LogP contribution >= 0.6 is 7.60 Å². The van der Waals surface area contributed by atoms with E-state index in [1.54, 1.807) is 0 Å². The Hall–Kier alpha value is -1.45. The number of nitrogens with two attached hydrogens (primary N) is 1. The van der Waals surface area contributed by atoms with E-state index >= 15 is 0 Å². The van der Waals surface area contributed by atoms with Crippen molar-refractivity contribution in [3.8, 4) is 0 Å². The van der Waals surface area contributed by atoms with Crippen LogP contribution in [0.15, 0.2) is 60.7 Å². The predicted molar refractivity (Wildman–Crippen MR) is 93.8 cm³/mol. The van der Waals surface area contributed by atoms with Gasteiger partial charge in [0.2, 0.25) is 0 Å². The summed E-state index contributed by atoms with van der Waals surface area (Å²) < 4.78 is 23.7. The molecule has 2 N–H and O–H groups in total. The molecular formula is C18H24NO3P. The van der Waals surface area contributed by atoms with Gasteiger partial charge in [-0.05, 0) is 24.1 Å². The van der Waals surface area contributed by atoms with Crippen LogP contribution in [0.1, 0.15) is 23.5 Å². The van der Waals surface area contributed by atoms with Crippen LogP contribution in [0.4, 0.5) is 0 Å². The van der Waals surface area contributed by atoms with Crippen molar-refractivity contribution in [3.63, 3.8) is 0 Å². The first-order chi connectivity index (χ1) is 11.2. The first-order valence-corrected chi connectivity index (χ1v) is 9.28. The molecule has 0 aliphatic heterocycles. The molecule has 0 aliphatic carbocycles. The Morgan fingerprint density at radius 2 is 1.35 bits per heavy atom. The van der Waals surface area contributed by atoms with Gasteiger partial charge in [-0.25, -0.2) is 0 Å². The molecule has 2 rings (SSSR count). The number of benzene rings is 2. The Morgan fingerprint density at radius 3 is 1.70 bits per heavy atom. The molecule has 0 unspecified atom stereocenters. The van der Waals surface area contributed by atoms with Crippen LogP contribution < -0.4 is 5.73 Å². The van der Waals surface area contributed by atoms with E-state index in [2.05, 4.69) is 0 Å². The van der Waals surface area contributed by atoms with Gasteiger partial charge < -0.3 is 14.8 Å². The molecule has 0 spiro atoms. The maximum atomic E-state index is 13.1. The molecule has 0 fully saturated rings. The molecule has 4 nitrogen and oxygen atoms in total. The number of rotatable bonds is 8. The molecule has 0 saturated heterocycles. The molecule has 0 saturated carbocycles. The Balaban J connectivity index is 2.56. The third kappa shape index (κ3) is 4.10. The Bertz CT molecular complexity index is 586. The van der Waals surface area contributed by atoms with E-state index in [9.17, 15) is 4.57 Å². The molecule has 1 atom stereocenters. The summed E-state index contributed by atoms with van der Waals surface area (Å²) in [6.45, 7) is 0.414. The van der Waals surface area contributed by atoms with Crippen molar-refractivity contribution < 1.29 is 13.6 Å². The average molecular weight is 333 g/mol. The van der Waals surface area contributed by atoms with E-state index in [-0.39, 0.29) is 11.6 Å². The minimum Gasteiger partial charge on any atom is -0.330 e. The lowest BCUT2D eigenvalue weighted by Gasteiger charge is -2.32. The fourth-order valence-corrected chi connectivity index (χ4v) is 4.85. The zero-order chi connectivity index (χ0) is 16.7. The van der Waals surface area contributed by atoms with Gasteiger partial charge in [0.05, 0.1) is 5.66 Å². The lowest BCUT2D eigenvalue weighted by molar-refractivity contribution is 0.260. The van der Waals surface area contributed by atoms with Gasteiger partial charge >= 0.3 is 7.60 Å². The monoisotopic (exact) mass is 333 g/mol. The summed E-state index contributed by atoms with van der Waals surface area (Å²) >= 11 is 0. The quantitative estimate of drug-likeness (QED) is 0.741. The zero-order valence-corrected chi connectivity index (χ0v) is 14.5. The highest BCUT2D eigenvalue weighted by atomic mass is 31.2. The largest absolute Gasteiger partial charge is 0.334 e. The van der Waals surface area contributed by atoms with Crippen molar-refractivity contribution in [3.05, 3.63) is 71.8 Å². The fourth-order valence-electron chi connectivity index (χ4n) is 2.98. The molecule has 0 aliphatic rings. The van der Waals surface area contributed by atoms with Crippen LogP contribution in [0.2, 0.25) is 0 Å². The van der Waals surface area contributed by atoms with Gasteiger partial charge in [0.15, 0.2) is 0 Å². The Morgan fingerprint density at radius 1 is 0.913 bits per heavy atom. The molecule has 124 valence electrons. The third-order valence-corrected chi connectivity index (χ3v) is 6.47. The molecule has 2 aromatic carbocycles.